The number of imide groups is 1. The number of primary amides is 1. The van der Waals surface area contributed by atoms with E-state index in [1.54, 1.807) is 62.4 Å². The summed E-state index contributed by atoms with van der Waals surface area (Å²) >= 11 is 0. The summed E-state index contributed by atoms with van der Waals surface area (Å²) in [5.41, 5.74) is 5.26. The van der Waals surface area contributed by atoms with Gasteiger partial charge in [0.15, 0.2) is 17.6 Å². The minimum atomic E-state index is -2.16. The Morgan fingerprint density at radius 1 is 0.860 bits per heavy atom. The van der Waals surface area contributed by atoms with Gasteiger partial charge in [-0.1, -0.05) is 78.3 Å². The van der Waals surface area contributed by atoms with Crippen LogP contribution in [-0.4, -0.2) is 174 Å². The van der Waals surface area contributed by atoms with E-state index < -0.39 is 136 Å². The molecular formula is C78H98N10O19. The van der Waals surface area contributed by atoms with Gasteiger partial charge in [0, 0.05) is 141 Å². The van der Waals surface area contributed by atoms with Crippen molar-refractivity contribution in [2.45, 2.75) is 175 Å². The van der Waals surface area contributed by atoms with Crippen LogP contribution in [0, 0.1) is 36.5 Å². The van der Waals surface area contributed by atoms with Crippen LogP contribution in [-0.2, 0) is 57.2 Å². The number of aromatic hydroxyl groups is 2. The van der Waals surface area contributed by atoms with Crippen molar-refractivity contribution >= 4 is 92.2 Å². The van der Waals surface area contributed by atoms with Crippen molar-refractivity contribution in [1.82, 2.24) is 30.7 Å². The molecule has 7 heterocycles. The molecule has 1 aliphatic carbocycles. The number of phenols is 2. The standard InChI is InChI=1S/C78H98N10O19/c1-39(2)61(83-55(91)22-15-14-16-33-88-56(92)27-28-57(88)93)75(99)82-51(21-18-32-80-77(79)100)74(98)81-48-25-23-47(24-26-48)76-105-67-40(3)19-17-20-41(4)73(97)85-64-66(95)59-58(63-71(64)104-54-38-50(37-52(90)62(54)84-63)87-34-29-49(30-35-87)86(11)12)60-70(43(6)65(59)94)107-78(10,72(60)96)102-36-31-53(101-13)42(5)68(103-46(9)89)45(8)69(106-76)44(67)7/h17,19-20,23-28,31,36-40,42,44-45,49,51,53,61,67-69,76,90,94H,14-16,18,21-22,29-30,32-35H2,1-13H3,(H,81,98)(H,82,99)(H,83,91)(H,85,97)(H3,79,80,100)/b19-17+,36-31+,41-20-/t40-,42+,44+,45-,51-,53-,61-,67-,68+,69+,76?,78-/m0/s1. The number of aromatic nitrogens is 1. The van der Waals surface area contributed by atoms with Gasteiger partial charge in [0.2, 0.25) is 23.2 Å². The SMILES string of the molecule is CO[C@H]1/C=C/O[C@@]2(C)Oc3c(C)c(O)c4c(=O)c(c5oc6cc(N7CCC(N(C)C)CC7)cc(O)c6nc-5c4c3C2=O)NC(=O)/C(C)=C\C=C\[C@H](C)[C@@H]2OC(c3ccc(NC(=O)[C@H](CCCNC(N)=O)NC(=O)[C@@H](NC(=O)CCCCCN4C(=O)C=CC4=O)C(C)C)cc3)O[C@@H]([C@@H](C)[C@H](OC(C)=O)[C@@H]1C)[C@@H]2C. The number of methoxy groups -OCH3 is 1. The number of rotatable bonds is 21. The van der Waals surface area contributed by atoms with E-state index in [0.29, 0.717) is 55.3 Å². The second-order valence-electron chi connectivity index (χ2n) is 29.1. The van der Waals surface area contributed by atoms with Gasteiger partial charge in [-0.25, -0.2) is 9.78 Å². The lowest BCUT2D eigenvalue weighted by atomic mass is 9.77. The quantitative estimate of drug-likeness (QED) is 0.0112. The Morgan fingerprint density at radius 3 is 2.21 bits per heavy atom. The number of benzene rings is 4. The van der Waals surface area contributed by atoms with Crippen molar-refractivity contribution < 1.29 is 86.2 Å². The summed E-state index contributed by atoms with van der Waals surface area (Å²) < 4.78 is 45.5. The van der Waals surface area contributed by atoms with Crippen LogP contribution in [0.2, 0.25) is 0 Å². The molecule has 2 fully saturated rings. The normalized spacial score (nSPS) is 25.3. The van der Waals surface area contributed by atoms with Gasteiger partial charge in [-0.2, -0.15) is 0 Å². The number of unbranched alkanes of at least 4 members (excludes halogenated alkanes) is 2. The lowest BCUT2D eigenvalue weighted by Gasteiger charge is -2.47. The second-order valence-corrected chi connectivity index (χ2v) is 29.1. The highest BCUT2D eigenvalue weighted by molar-refractivity contribution is 6.22. The summed E-state index contributed by atoms with van der Waals surface area (Å²) in [4.78, 5) is 146. The summed E-state index contributed by atoms with van der Waals surface area (Å²) in [6.07, 6.45) is 9.50. The number of nitrogens with two attached hydrogens (primary N) is 1. The highest BCUT2D eigenvalue weighted by Gasteiger charge is 2.51. The van der Waals surface area contributed by atoms with Gasteiger partial charge in [0.25, 0.3) is 23.5 Å². The first kappa shape index (κ1) is 79.3. The van der Waals surface area contributed by atoms with E-state index in [2.05, 4.69) is 36.4 Å². The average Bonchev–Trinajstić information content (AvgIpc) is 1.64. The van der Waals surface area contributed by atoms with Crippen LogP contribution in [0.15, 0.2) is 93.9 Å². The van der Waals surface area contributed by atoms with Gasteiger partial charge >= 0.3 is 17.8 Å². The molecule has 1 unspecified atom stereocenters. The third-order valence-electron chi connectivity index (χ3n) is 21.0. The number of hydrogen-bond donors (Lipinski definition) is 8. The zero-order valence-electron chi connectivity index (χ0n) is 62.7. The molecule has 107 heavy (non-hydrogen) atoms. The number of hydrogen-bond acceptors (Lipinski definition) is 22. The molecule has 29 heteroatoms. The Labute approximate surface area is 620 Å². The largest absolute Gasteiger partial charge is 0.507 e. The molecule has 8 aliphatic rings. The summed E-state index contributed by atoms with van der Waals surface area (Å²) in [5.74, 6) is -10.5. The predicted octanol–water partition coefficient (Wildman–Crippen LogP) is 8.44. The molecule has 0 aromatic heterocycles. The molecule has 29 nitrogen and oxygen atoms in total. The third kappa shape index (κ3) is 17.4. The molecule has 7 bridgehead atoms. The number of ketones is 1. The molecule has 7 aliphatic heterocycles. The smallest absolute Gasteiger partial charge is 0.312 e. The molecule has 12 atom stereocenters. The molecule has 2 saturated heterocycles. The number of Topliss-reactive ketones (excluding diaryl/α,β-unsaturated/α-hetero) is 1. The Bertz CT molecular complexity index is 4390. The number of fused-ring (bicyclic) bond motifs is 10. The molecule has 574 valence electrons. The highest BCUT2D eigenvalue weighted by atomic mass is 16.7. The van der Waals surface area contributed by atoms with Crippen molar-refractivity contribution in [3.05, 3.63) is 112 Å². The van der Waals surface area contributed by atoms with Crippen molar-refractivity contribution in [3.8, 4) is 28.7 Å². The monoisotopic (exact) mass is 1480 g/mol. The maximum absolute atomic E-state index is 15.3. The number of ether oxygens (including phenoxy) is 6. The van der Waals surface area contributed by atoms with Gasteiger partial charge in [0.05, 0.1) is 35.5 Å². The molecule has 0 saturated carbocycles. The van der Waals surface area contributed by atoms with Crippen LogP contribution < -0.4 is 47.4 Å². The van der Waals surface area contributed by atoms with Crippen LogP contribution >= 0.6 is 0 Å². The molecule has 0 spiro atoms. The van der Waals surface area contributed by atoms with Crippen molar-refractivity contribution in [1.29, 1.82) is 0 Å². The van der Waals surface area contributed by atoms with Crippen LogP contribution in [0.3, 0.4) is 0 Å². The van der Waals surface area contributed by atoms with E-state index in [-0.39, 0.29) is 106 Å². The zero-order valence-corrected chi connectivity index (χ0v) is 62.7. The number of phenolic OH excluding ortho intramolecular Hbond substituents is 2. The summed E-state index contributed by atoms with van der Waals surface area (Å²) in [6, 6.07) is 7.30. The van der Waals surface area contributed by atoms with Gasteiger partial charge in [-0.3, -0.25) is 48.1 Å². The first-order valence-corrected chi connectivity index (χ1v) is 36.4. The number of carbonyl (C=O) groups is 9. The number of allylic oxidation sites excluding steroid dienone is 2. The van der Waals surface area contributed by atoms with Crippen LogP contribution in [0.4, 0.5) is 21.9 Å². The minimum Gasteiger partial charge on any atom is -0.507 e. The van der Waals surface area contributed by atoms with Gasteiger partial charge in [0.1, 0.15) is 52.3 Å². The number of anilines is 3. The Kier molecular flexibility index (Phi) is 25.0. The van der Waals surface area contributed by atoms with Crippen molar-refractivity contribution in [3.63, 3.8) is 0 Å². The lowest BCUT2D eigenvalue weighted by molar-refractivity contribution is -0.293. The molecule has 3 aromatic carbocycles. The predicted molar refractivity (Wildman–Crippen MR) is 397 cm³/mol. The second kappa shape index (κ2) is 33.7. The topological polar surface area (TPSA) is 388 Å². The Hall–Kier alpha value is -10.2. The highest BCUT2D eigenvalue weighted by Crippen LogP contribution is 2.51. The number of nitrogens with zero attached hydrogens (tertiary/aromatic N) is 4. The number of esters is 1. The van der Waals surface area contributed by atoms with Crippen LogP contribution in [0.25, 0.3) is 33.3 Å². The fourth-order valence-electron chi connectivity index (χ4n) is 14.8. The first-order chi connectivity index (χ1) is 50.8. The summed E-state index contributed by atoms with van der Waals surface area (Å²) in [5, 5.41) is 37.1. The summed E-state index contributed by atoms with van der Waals surface area (Å²) in [7, 11) is 5.53. The maximum Gasteiger partial charge on any atom is 0.312 e. The van der Waals surface area contributed by atoms with Gasteiger partial charge in [-0.05, 0) is 90.6 Å². The fraction of sp³-hybridized carbons (Fsp3) is 0.500. The lowest BCUT2D eigenvalue weighted by Crippen LogP contribution is -2.54. The third-order valence-corrected chi connectivity index (χ3v) is 21.0. The van der Waals surface area contributed by atoms with E-state index in [9.17, 15) is 48.6 Å². The number of nitrogens with one attached hydrogen (secondary N) is 5. The van der Waals surface area contributed by atoms with E-state index in [1.807, 2.05) is 47.9 Å². The first-order valence-electron chi connectivity index (χ1n) is 36.4. The molecule has 3 aromatic rings. The fourth-order valence-corrected chi connectivity index (χ4v) is 14.8. The van der Waals surface area contributed by atoms with E-state index in [0.717, 1.165) is 17.7 Å². The zero-order chi connectivity index (χ0) is 77.6. The van der Waals surface area contributed by atoms with Gasteiger partial charge in [-0.15, -0.1) is 0 Å². The number of carbonyl (C=O) groups excluding carboxylic acids is 9. The molecule has 8 amide bonds. The van der Waals surface area contributed by atoms with Crippen LogP contribution in [0.1, 0.15) is 141 Å². The molecule has 0 radical (unpaired) electrons. The van der Waals surface area contributed by atoms with Crippen molar-refractivity contribution in [2.75, 3.05) is 62.9 Å². The number of piperidine rings is 1. The Balaban J connectivity index is 0.950. The van der Waals surface area contributed by atoms with E-state index in [1.165, 1.54) is 59.3 Å². The van der Waals surface area contributed by atoms with Gasteiger partial charge < -0.3 is 85.2 Å². The van der Waals surface area contributed by atoms with E-state index in [4.69, 9.17) is 43.6 Å². The minimum absolute atomic E-state index is 0.000382. The van der Waals surface area contributed by atoms with Crippen LogP contribution in [0.5, 0.6) is 17.2 Å². The maximum atomic E-state index is 15.3. The molecular weight excluding hydrogens is 1380 g/mol. The average molecular weight is 1480 g/mol. The van der Waals surface area contributed by atoms with E-state index >= 15 is 9.59 Å². The number of urea groups is 1. The Morgan fingerprint density at radius 2 is 1.55 bits per heavy atom. The van der Waals surface area contributed by atoms with Crippen molar-refractivity contribution in [2.24, 2.45) is 35.3 Å². The number of amides is 8. The molecule has 11 rings (SSSR count). The summed E-state index contributed by atoms with van der Waals surface area (Å²) in [6.45, 7) is 18.4. The molecule has 9 N–H and O–H groups in total.